The van der Waals surface area contributed by atoms with Gasteiger partial charge in [0.2, 0.25) is 0 Å². The van der Waals surface area contributed by atoms with Gasteiger partial charge in [-0.15, -0.1) is 0 Å². The topological polar surface area (TPSA) is 67.6 Å². The molecule has 2 atom stereocenters. The number of carbonyl (C=O) groups is 1. The fourth-order valence-electron chi connectivity index (χ4n) is 2.20. The first-order valence-electron chi connectivity index (χ1n) is 5.18. The van der Waals surface area contributed by atoms with Crippen molar-refractivity contribution in [1.29, 1.82) is 0 Å². The lowest BCUT2D eigenvalue weighted by Crippen LogP contribution is -2.41. The Morgan fingerprint density at radius 2 is 2.50 bits per heavy atom. The second kappa shape index (κ2) is 4.14. The number of carbonyl (C=O) groups excluding carboxylic acids is 1. The summed E-state index contributed by atoms with van der Waals surface area (Å²) in [4.78, 5) is 13.1. The summed E-state index contributed by atoms with van der Waals surface area (Å²) in [6.45, 7) is 3.23. The summed E-state index contributed by atoms with van der Waals surface area (Å²) in [5.41, 5.74) is 5.66. The number of amides is 1. The first-order valence-corrected chi connectivity index (χ1v) is 5.18. The van der Waals surface area contributed by atoms with E-state index in [1.54, 1.807) is 0 Å². The van der Waals surface area contributed by atoms with E-state index >= 15 is 0 Å². The quantitative estimate of drug-likeness (QED) is 0.644. The number of alkyl carbamates (subject to hydrolysis) is 1. The number of hydrogen-bond donors (Lipinski definition) is 2. The zero-order chi connectivity index (χ0) is 9.97. The maximum absolute atomic E-state index is 10.8. The van der Waals surface area contributed by atoms with E-state index in [1.807, 2.05) is 0 Å². The summed E-state index contributed by atoms with van der Waals surface area (Å²) in [7, 11) is 0. The van der Waals surface area contributed by atoms with Gasteiger partial charge in [-0.2, -0.15) is 0 Å². The van der Waals surface area contributed by atoms with Gasteiger partial charge in [0.25, 0.3) is 0 Å². The highest BCUT2D eigenvalue weighted by molar-refractivity contribution is 5.69. The lowest BCUT2D eigenvalue weighted by atomic mass is 10.2. The van der Waals surface area contributed by atoms with E-state index in [9.17, 15) is 4.79 Å². The third kappa shape index (κ3) is 1.99. The van der Waals surface area contributed by atoms with Gasteiger partial charge in [0.05, 0.1) is 6.54 Å². The highest BCUT2D eigenvalue weighted by Gasteiger charge is 2.29. The van der Waals surface area contributed by atoms with Crippen LogP contribution in [-0.2, 0) is 4.74 Å². The molecule has 2 heterocycles. The Balaban J connectivity index is 1.81. The highest BCUT2D eigenvalue weighted by atomic mass is 16.6. The molecular formula is C9H17N3O2. The lowest BCUT2D eigenvalue weighted by molar-refractivity contribution is 0.105. The second-order valence-electron chi connectivity index (χ2n) is 3.93. The molecule has 5 nitrogen and oxygen atoms in total. The third-order valence-electron chi connectivity index (χ3n) is 2.96. The maximum Gasteiger partial charge on any atom is 0.407 e. The van der Waals surface area contributed by atoms with Crippen LogP contribution in [0.15, 0.2) is 0 Å². The fraction of sp³-hybridized carbons (Fsp3) is 0.889. The van der Waals surface area contributed by atoms with Gasteiger partial charge in [-0.25, -0.2) is 4.79 Å². The van der Waals surface area contributed by atoms with Gasteiger partial charge in [-0.05, 0) is 19.4 Å². The molecule has 2 fully saturated rings. The molecule has 0 bridgehead atoms. The summed E-state index contributed by atoms with van der Waals surface area (Å²) in [5.74, 6) is 0. The SMILES string of the molecule is NCC1CCCN1CC1CNC(=O)O1. The van der Waals surface area contributed by atoms with Crippen LogP contribution in [0, 0.1) is 0 Å². The van der Waals surface area contributed by atoms with E-state index in [0.717, 1.165) is 13.1 Å². The molecule has 0 spiro atoms. The molecular weight excluding hydrogens is 182 g/mol. The van der Waals surface area contributed by atoms with Crippen molar-refractivity contribution in [3.8, 4) is 0 Å². The zero-order valence-corrected chi connectivity index (χ0v) is 8.24. The molecule has 2 saturated heterocycles. The highest BCUT2D eigenvalue weighted by Crippen LogP contribution is 2.17. The van der Waals surface area contributed by atoms with Crippen LogP contribution in [0.3, 0.4) is 0 Å². The molecule has 3 N–H and O–H groups in total. The molecule has 2 unspecified atom stereocenters. The Kier molecular flexibility index (Phi) is 2.88. The Bertz CT molecular complexity index is 222. The van der Waals surface area contributed by atoms with Crippen LogP contribution in [-0.4, -0.2) is 49.3 Å². The number of nitrogens with one attached hydrogen (secondary N) is 1. The van der Waals surface area contributed by atoms with E-state index in [2.05, 4.69) is 10.2 Å². The number of ether oxygens (including phenoxy) is 1. The van der Waals surface area contributed by atoms with E-state index in [0.29, 0.717) is 19.1 Å². The average molecular weight is 199 g/mol. The van der Waals surface area contributed by atoms with Gasteiger partial charge >= 0.3 is 6.09 Å². The van der Waals surface area contributed by atoms with Crippen molar-refractivity contribution in [1.82, 2.24) is 10.2 Å². The Hall–Kier alpha value is -0.810. The molecule has 2 rings (SSSR count). The standard InChI is InChI=1S/C9H17N3O2/c10-4-7-2-1-3-12(7)6-8-5-11-9(13)14-8/h7-8H,1-6,10H2,(H,11,13). The fourth-order valence-corrected chi connectivity index (χ4v) is 2.20. The van der Waals surface area contributed by atoms with Crippen LogP contribution in [0.2, 0.25) is 0 Å². The smallest absolute Gasteiger partial charge is 0.407 e. The van der Waals surface area contributed by atoms with Crippen molar-refractivity contribution in [3.63, 3.8) is 0 Å². The molecule has 14 heavy (non-hydrogen) atoms. The van der Waals surface area contributed by atoms with Gasteiger partial charge in [0.1, 0.15) is 6.10 Å². The molecule has 0 radical (unpaired) electrons. The number of cyclic esters (lactones) is 1. The molecule has 2 aliphatic rings. The molecule has 2 aliphatic heterocycles. The van der Waals surface area contributed by atoms with Gasteiger partial charge in [-0.1, -0.05) is 0 Å². The molecule has 0 aromatic carbocycles. The van der Waals surface area contributed by atoms with Crippen LogP contribution in [0.5, 0.6) is 0 Å². The van der Waals surface area contributed by atoms with Crippen molar-refractivity contribution in [2.75, 3.05) is 26.2 Å². The van der Waals surface area contributed by atoms with E-state index in [1.165, 1.54) is 12.8 Å². The van der Waals surface area contributed by atoms with Crippen molar-refractivity contribution >= 4 is 6.09 Å². The van der Waals surface area contributed by atoms with E-state index < -0.39 is 0 Å². The maximum atomic E-state index is 10.8. The summed E-state index contributed by atoms with van der Waals surface area (Å²) in [6.07, 6.45) is 2.09. The minimum atomic E-state index is -0.293. The van der Waals surface area contributed by atoms with Crippen molar-refractivity contribution < 1.29 is 9.53 Å². The third-order valence-corrected chi connectivity index (χ3v) is 2.96. The molecule has 5 heteroatoms. The zero-order valence-electron chi connectivity index (χ0n) is 8.24. The van der Waals surface area contributed by atoms with Crippen molar-refractivity contribution in [3.05, 3.63) is 0 Å². The number of hydrogen-bond acceptors (Lipinski definition) is 4. The molecule has 80 valence electrons. The monoisotopic (exact) mass is 199 g/mol. The van der Waals surface area contributed by atoms with Gasteiger partial charge < -0.3 is 15.8 Å². The predicted octanol–water partition coefficient (Wildman–Crippen LogP) is -0.482. The minimum absolute atomic E-state index is 0.00894. The van der Waals surface area contributed by atoms with E-state index in [4.69, 9.17) is 10.5 Å². The van der Waals surface area contributed by atoms with Crippen molar-refractivity contribution in [2.24, 2.45) is 5.73 Å². The normalized spacial score (nSPS) is 33.1. The largest absolute Gasteiger partial charge is 0.443 e. The first kappa shape index (κ1) is 9.73. The predicted molar refractivity (Wildman–Crippen MR) is 51.9 cm³/mol. The summed E-state index contributed by atoms with van der Waals surface area (Å²) >= 11 is 0. The molecule has 0 saturated carbocycles. The molecule has 1 amide bonds. The van der Waals surface area contributed by atoms with Crippen LogP contribution >= 0.6 is 0 Å². The average Bonchev–Trinajstić information content (AvgIpc) is 2.76. The Morgan fingerprint density at radius 1 is 1.64 bits per heavy atom. The Morgan fingerprint density at radius 3 is 3.14 bits per heavy atom. The van der Waals surface area contributed by atoms with Gasteiger partial charge in [0, 0.05) is 19.1 Å². The Labute approximate surface area is 83.6 Å². The molecule has 0 aromatic rings. The van der Waals surface area contributed by atoms with Crippen LogP contribution in [0.1, 0.15) is 12.8 Å². The number of rotatable bonds is 3. The number of nitrogens with zero attached hydrogens (tertiary/aromatic N) is 1. The first-order chi connectivity index (χ1) is 6.79. The lowest BCUT2D eigenvalue weighted by Gasteiger charge is -2.24. The number of nitrogens with two attached hydrogens (primary N) is 1. The summed E-state index contributed by atoms with van der Waals surface area (Å²) in [5, 5.41) is 2.66. The van der Waals surface area contributed by atoms with Crippen molar-refractivity contribution in [2.45, 2.75) is 25.0 Å². The van der Waals surface area contributed by atoms with E-state index in [-0.39, 0.29) is 12.2 Å². The summed E-state index contributed by atoms with van der Waals surface area (Å²) < 4.78 is 5.08. The molecule has 0 aromatic heterocycles. The minimum Gasteiger partial charge on any atom is -0.443 e. The molecule has 0 aliphatic carbocycles. The number of likely N-dealkylation sites (tertiary alicyclic amines) is 1. The summed E-state index contributed by atoms with van der Waals surface area (Å²) in [6, 6.07) is 0.481. The van der Waals surface area contributed by atoms with Gasteiger partial charge in [-0.3, -0.25) is 4.90 Å². The van der Waals surface area contributed by atoms with Crippen LogP contribution in [0.25, 0.3) is 0 Å². The van der Waals surface area contributed by atoms with Gasteiger partial charge in [0.15, 0.2) is 0 Å². The second-order valence-corrected chi connectivity index (χ2v) is 3.93. The van der Waals surface area contributed by atoms with Crippen LogP contribution in [0.4, 0.5) is 4.79 Å². The van der Waals surface area contributed by atoms with Crippen LogP contribution < -0.4 is 11.1 Å².